The van der Waals surface area contributed by atoms with Gasteiger partial charge in [0.1, 0.15) is 0 Å². The van der Waals surface area contributed by atoms with Gasteiger partial charge in [-0.3, -0.25) is 4.79 Å². The smallest absolute Gasteiger partial charge is 0.220 e. The Bertz CT molecular complexity index is 611. The van der Waals surface area contributed by atoms with Crippen LogP contribution in [0.3, 0.4) is 0 Å². The van der Waals surface area contributed by atoms with Crippen molar-refractivity contribution in [2.75, 3.05) is 6.54 Å². The van der Waals surface area contributed by atoms with Gasteiger partial charge in [0.25, 0.3) is 0 Å². The van der Waals surface area contributed by atoms with Crippen molar-refractivity contribution < 1.29 is 4.79 Å². The molecule has 3 heteroatoms. The molecule has 1 amide bonds. The van der Waals surface area contributed by atoms with Gasteiger partial charge in [-0.15, -0.1) is 0 Å². The van der Waals surface area contributed by atoms with E-state index >= 15 is 0 Å². The van der Waals surface area contributed by atoms with Gasteiger partial charge in [0.05, 0.1) is 0 Å². The number of H-pyrrole nitrogens is 1. The number of aryl methyl sites for hydroxylation is 1. The highest BCUT2D eigenvalue weighted by molar-refractivity contribution is 5.83. The van der Waals surface area contributed by atoms with Gasteiger partial charge in [0, 0.05) is 30.1 Å². The Labute approximate surface area is 132 Å². The van der Waals surface area contributed by atoms with E-state index in [9.17, 15) is 4.79 Å². The van der Waals surface area contributed by atoms with Crippen LogP contribution < -0.4 is 5.32 Å². The van der Waals surface area contributed by atoms with Crippen molar-refractivity contribution in [3.05, 3.63) is 36.0 Å². The van der Waals surface area contributed by atoms with E-state index < -0.39 is 0 Å². The first-order chi connectivity index (χ1) is 10.8. The summed E-state index contributed by atoms with van der Waals surface area (Å²) in [5, 5.41) is 4.41. The van der Waals surface area contributed by atoms with Crippen LogP contribution in [0.1, 0.15) is 50.5 Å². The summed E-state index contributed by atoms with van der Waals surface area (Å²) < 4.78 is 0. The van der Waals surface area contributed by atoms with Crippen LogP contribution in [0, 0.1) is 5.92 Å². The number of carbonyl (C=O) groups excluding carboxylic acids is 1. The normalized spacial score (nSPS) is 16.0. The molecule has 1 fully saturated rings. The standard InChI is InChI=1S/C19H26N2O/c22-19(21-13-15-7-2-1-3-8-15)12-6-9-16-14-20-18-11-5-4-10-17(16)18/h4-5,10-11,14-15,20H,1-3,6-9,12-13H2,(H,21,22). The van der Waals surface area contributed by atoms with E-state index in [1.54, 1.807) is 0 Å². The van der Waals surface area contributed by atoms with Crippen molar-refractivity contribution in [3.8, 4) is 0 Å². The number of aromatic nitrogens is 1. The molecule has 1 aromatic carbocycles. The number of aromatic amines is 1. The first kappa shape index (κ1) is 15.1. The molecule has 3 nitrogen and oxygen atoms in total. The third-order valence-electron chi connectivity index (χ3n) is 4.84. The minimum Gasteiger partial charge on any atom is -0.361 e. The fourth-order valence-corrected chi connectivity index (χ4v) is 3.52. The van der Waals surface area contributed by atoms with Gasteiger partial charge in [-0.1, -0.05) is 37.5 Å². The van der Waals surface area contributed by atoms with Gasteiger partial charge >= 0.3 is 0 Å². The number of fused-ring (bicyclic) bond motifs is 1. The number of rotatable bonds is 6. The van der Waals surface area contributed by atoms with Crippen LogP contribution in [0.25, 0.3) is 10.9 Å². The zero-order valence-electron chi connectivity index (χ0n) is 13.2. The molecular formula is C19H26N2O. The highest BCUT2D eigenvalue weighted by atomic mass is 16.1. The minimum atomic E-state index is 0.213. The molecule has 0 atom stereocenters. The lowest BCUT2D eigenvalue weighted by molar-refractivity contribution is -0.121. The largest absolute Gasteiger partial charge is 0.361 e. The second kappa shape index (κ2) is 7.48. The maximum atomic E-state index is 12.0. The van der Waals surface area contributed by atoms with Gasteiger partial charge in [-0.05, 0) is 43.2 Å². The second-order valence-corrected chi connectivity index (χ2v) is 6.52. The Morgan fingerprint density at radius 1 is 1.18 bits per heavy atom. The molecular weight excluding hydrogens is 272 g/mol. The maximum absolute atomic E-state index is 12.0. The Balaban J connectivity index is 1.40. The van der Waals surface area contributed by atoms with E-state index in [1.807, 2.05) is 6.07 Å². The number of hydrogen-bond acceptors (Lipinski definition) is 1. The van der Waals surface area contributed by atoms with Crippen molar-refractivity contribution in [3.63, 3.8) is 0 Å². The third-order valence-corrected chi connectivity index (χ3v) is 4.84. The van der Waals surface area contributed by atoms with Gasteiger partial charge in [0.2, 0.25) is 5.91 Å². The van der Waals surface area contributed by atoms with Crippen LogP contribution >= 0.6 is 0 Å². The van der Waals surface area contributed by atoms with Gasteiger partial charge in [0.15, 0.2) is 0 Å². The fraction of sp³-hybridized carbons (Fsp3) is 0.526. The Morgan fingerprint density at radius 2 is 2.00 bits per heavy atom. The summed E-state index contributed by atoms with van der Waals surface area (Å²) in [4.78, 5) is 15.3. The van der Waals surface area contributed by atoms with Gasteiger partial charge in [-0.2, -0.15) is 0 Å². The van der Waals surface area contributed by atoms with Crippen LogP contribution in [-0.2, 0) is 11.2 Å². The van der Waals surface area contributed by atoms with E-state index in [0.29, 0.717) is 12.3 Å². The quantitative estimate of drug-likeness (QED) is 0.825. The van der Waals surface area contributed by atoms with Crippen molar-refractivity contribution in [2.45, 2.75) is 51.4 Å². The summed E-state index contributed by atoms with van der Waals surface area (Å²) in [6.45, 7) is 0.881. The molecule has 3 rings (SSSR count). The average molecular weight is 298 g/mol. The molecule has 0 saturated heterocycles. The zero-order chi connectivity index (χ0) is 15.2. The lowest BCUT2D eigenvalue weighted by Crippen LogP contribution is -2.30. The number of carbonyl (C=O) groups is 1. The molecule has 0 unspecified atom stereocenters. The van der Waals surface area contributed by atoms with Gasteiger partial charge in [-0.25, -0.2) is 0 Å². The second-order valence-electron chi connectivity index (χ2n) is 6.52. The first-order valence-electron chi connectivity index (χ1n) is 8.64. The van der Waals surface area contributed by atoms with Crippen LogP contribution in [0.2, 0.25) is 0 Å². The molecule has 1 aromatic heterocycles. The number of benzene rings is 1. The van der Waals surface area contributed by atoms with E-state index in [4.69, 9.17) is 0 Å². The van der Waals surface area contributed by atoms with E-state index in [1.165, 1.54) is 48.6 Å². The van der Waals surface area contributed by atoms with E-state index in [-0.39, 0.29) is 5.91 Å². The van der Waals surface area contributed by atoms with Crippen molar-refractivity contribution in [1.82, 2.24) is 10.3 Å². The molecule has 0 bridgehead atoms. The molecule has 2 N–H and O–H groups in total. The molecule has 1 aliphatic carbocycles. The summed E-state index contributed by atoms with van der Waals surface area (Å²) in [5.74, 6) is 0.928. The molecule has 22 heavy (non-hydrogen) atoms. The molecule has 118 valence electrons. The summed E-state index contributed by atoms with van der Waals surface area (Å²) in [7, 11) is 0. The lowest BCUT2D eigenvalue weighted by Gasteiger charge is -2.21. The summed E-state index contributed by atoms with van der Waals surface area (Å²) in [5.41, 5.74) is 2.50. The molecule has 0 radical (unpaired) electrons. The van der Waals surface area contributed by atoms with Crippen molar-refractivity contribution in [1.29, 1.82) is 0 Å². The predicted octanol–water partition coefficient (Wildman–Crippen LogP) is 4.19. The summed E-state index contributed by atoms with van der Waals surface area (Å²) in [6, 6.07) is 8.35. The number of amides is 1. The number of hydrogen-bond donors (Lipinski definition) is 2. The highest BCUT2D eigenvalue weighted by Crippen LogP contribution is 2.23. The van der Waals surface area contributed by atoms with Crippen LogP contribution in [0.4, 0.5) is 0 Å². The molecule has 1 heterocycles. The average Bonchev–Trinajstić information content (AvgIpc) is 2.97. The zero-order valence-corrected chi connectivity index (χ0v) is 13.2. The first-order valence-corrected chi connectivity index (χ1v) is 8.64. The summed E-state index contributed by atoms with van der Waals surface area (Å²) >= 11 is 0. The Kier molecular flexibility index (Phi) is 5.15. The molecule has 0 aliphatic heterocycles. The predicted molar refractivity (Wildman–Crippen MR) is 90.8 cm³/mol. The van der Waals surface area contributed by atoms with E-state index in [2.05, 4.69) is 34.7 Å². The van der Waals surface area contributed by atoms with Gasteiger partial charge < -0.3 is 10.3 Å². The number of para-hydroxylation sites is 1. The van der Waals surface area contributed by atoms with Crippen LogP contribution in [0.15, 0.2) is 30.5 Å². The molecule has 1 saturated carbocycles. The van der Waals surface area contributed by atoms with E-state index in [0.717, 1.165) is 19.4 Å². The monoisotopic (exact) mass is 298 g/mol. The van der Waals surface area contributed by atoms with Crippen LogP contribution in [-0.4, -0.2) is 17.4 Å². The molecule has 1 aliphatic rings. The fourth-order valence-electron chi connectivity index (χ4n) is 3.52. The topological polar surface area (TPSA) is 44.9 Å². The Hall–Kier alpha value is -1.77. The third kappa shape index (κ3) is 3.90. The lowest BCUT2D eigenvalue weighted by atomic mass is 9.89. The molecule has 2 aromatic rings. The Morgan fingerprint density at radius 3 is 2.86 bits per heavy atom. The molecule has 0 spiro atoms. The highest BCUT2D eigenvalue weighted by Gasteiger charge is 2.14. The van der Waals surface area contributed by atoms with Crippen LogP contribution in [0.5, 0.6) is 0 Å². The van der Waals surface area contributed by atoms with Crippen molar-refractivity contribution in [2.24, 2.45) is 5.92 Å². The SMILES string of the molecule is O=C(CCCc1c[nH]c2ccccc12)NCC1CCCCC1. The minimum absolute atomic E-state index is 0.213. The summed E-state index contributed by atoms with van der Waals surface area (Å²) in [6.07, 6.45) is 11.2. The maximum Gasteiger partial charge on any atom is 0.220 e. The number of nitrogens with one attached hydrogen (secondary N) is 2. The van der Waals surface area contributed by atoms with Crippen molar-refractivity contribution >= 4 is 16.8 Å².